The van der Waals surface area contributed by atoms with Crippen molar-refractivity contribution in [3.63, 3.8) is 0 Å². The first-order valence-electron chi connectivity index (χ1n) is 6.27. The molecule has 1 aromatic heterocycles. The lowest BCUT2D eigenvalue weighted by Gasteiger charge is -2.13. The van der Waals surface area contributed by atoms with Gasteiger partial charge in [-0.2, -0.15) is 5.10 Å². The van der Waals surface area contributed by atoms with E-state index in [0.717, 1.165) is 11.3 Å². The van der Waals surface area contributed by atoms with Gasteiger partial charge in [-0.25, -0.2) is 0 Å². The average Bonchev–Trinajstić information content (AvgIpc) is 2.32. The summed E-state index contributed by atoms with van der Waals surface area (Å²) in [5, 5.41) is 8.02. The summed E-state index contributed by atoms with van der Waals surface area (Å²) in [6, 6.07) is 0. The van der Waals surface area contributed by atoms with Crippen LogP contribution in [0.15, 0.2) is 0 Å². The van der Waals surface area contributed by atoms with Gasteiger partial charge in [0.25, 0.3) is 0 Å². The van der Waals surface area contributed by atoms with Gasteiger partial charge in [0.05, 0.1) is 17.9 Å². The topological polar surface area (TPSA) is 70.3 Å². The minimum atomic E-state index is 0.272. The summed E-state index contributed by atoms with van der Waals surface area (Å²) in [7, 11) is 0. The van der Waals surface area contributed by atoms with Gasteiger partial charge in [-0.1, -0.05) is 26.1 Å². The van der Waals surface area contributed by atoms with Crippen LogP contribution in [-0.2, 0) is 4.74 Å². The molecule has 0 aliphatic rings. The quantitative estimate of drug-likeness (QED) is 0.607. The average molecular weight is 283 g/mol. The van der Waals surface area contributed by atoms with E-state index in [2.05, 4.69) is 24.0 Å². The van der Waals surface area contributed by atoms with Crippen LogP contribution in [0.3, 0.4) is 0 Å². The van der Waals surface area contributed by atoms with Crippen molar-refractivity contribution < 1.29 is 9.47 Å². The molecule has 19 heavy (non-hydrogen) atoms. The molecule has 0 aliphatic heterocycles. The summed E-state index contributed by atoms with van der Waals surface area (Å²) in [5.74, 6) is 0.886. The van der Waals surface area contributed by atoms with Crippen molar-refractivity contribution in [2.75, 3.05) is 19.8 Å². The van der Waals surface area contributed by atoms with Crippen LogP contribution in [0.1, 0.15) is 30.7 Å². The van der Waals surface area contributed by atoms with Gasteiger partial charge in [0.1, 0.15) is 11.6 Å². The van der Waals surface area contributed by atoms with Gasteiger partial charge >= 0.3 is 0 Å². The molecule has 2 N–H and O–H groups in total. The molecule has 0 unspecified atom stereocenters. The summed E-state index contributed by atoms with van der Waals surface area (Å²) < 4.78 is 11.0. The first-order valence-corrected chi connectivity index (χ1v) is 6.68. The molecular weight excluding hydrogens is 262 g/mol. The van der Waals surface area contributed by atoms with Gasteiger partial charge in [0, 0.05) is 6.61 Å². The molecule has 1 heterocycles. The number of thiocarbonyl (C=S) groups is 1. The van der Waals surface area contributed by atoms with Gasteiger partial charge in [0.15, 0.2) is 0 Å². The zero-order valence-electron chi connectivity index (χ0n) is 11.9. The Balaban J connectivity index is 2.63. The minimum absolute atomic E-state index is 0.272. The van der Waals surface area contributed by atoms with E-state index in [1.54, 1.807) is 0 Å². The lowest BCUT2D eigenvalue weighted by molar-refractivity contribution is 0.0802. The van der Waals surface area contributed by atoms with Gasteiger partial charge < -0.3 is 15.2 Å². The molecule has 0 bridgehead atoms. The van der Waals surface area contributed by atoms with Crippen molar-refractivity contribution in [1.82, 2.24) is 10.2 Å². The Labute approximate surface area is 119 Å². The van der Waals surface area contributed by atoms with E-state index in [4.69, 9.17) is 27.4 Å². The molecule has 106 valence electrons. The number of nitrogens with zero attached hydrogens (tertiary/aromatic N) is 2. The molecule has 0 aromatic carbocycles. The van der Waals surface area contributed by atoms with Gasteiger partial charge in [0.2, 0.25) is 5.88 Å². The fourth-order valence-corrected chi connectivity index (χ4v) is 1.73. The van der Waals surface area contributed by atoms with Crippen LogP contribution in [0.5, 0.6) is 5.88 Å². The molecule has 0 spiro atoms. The van der Waals surface area contributed by atoms with E-state index < -0.39 is 0 Å². The lowest BCUT2D eigenvalue weighted by Crippen LogP contribution is -2.18. The van der Waals surface area contributed by atoms with Crippen molar-refractivity contribution >= 4 is 17.2 Å². The molecule has 0 atom stereocenters. The highest BCUT2D eigenvalue weighted by atomic mass is 32.1. The Morgan fingerprint density at radius 3 is 2.53 bits per heavy atom. The second kappa shape index (κ2) is 7.35. The zero-order valence-corrected chi connectivity index (χ0v) is 12.7. The van der Waals surface area contributed by atoms with Gasteiger partial charge in [-0.15, -0.1) is 5.10 Å². The molecule has 0 aliphatic carbocycles. The molecule has 0 radical (unpaired) electrons. The van der Waals surface area contributed by atoms with Crippen LogP contribution in [-0.4, -0.2) is 35.0 Å². The number of hydrogen-bond donors (Lipinski definition) is 1. The van der Waals surface area contributed by atoms with Crippen LogP contribution in [0.4, 0.5) is 0 Å². The van der Waals surface area contributed by atoms with E-state index in [1.165, 1.54) is 0 Å². The number of aryl methyl sites for hydroxylation is 1. The second-order valence-corrected chi connectivity index (χ2v) is 5.21. The number of rotatable bonds is 7. The molecule has 6 heteroatoms. The van der Waals surface area contributed by atoms with Crippen molar-refractivity contribution in [1.29, 1.82) is 0 Å². The molecule has 0 fully saturated rings. The van der Waals surface area contributed by atoms with Crippen LogP contribution in [0.25, 0.3) is 0 Å². The van der Waals surface area contributed by atoms with Crippen LogP contribution in [0, 0.1) is 19.8 Å². The SMILES string of the molecule is Cc1nnc(OCCOCC(C)C)c(C(N)=S)c1C. The van der Waals surface area contributed by atoms with Crippen LogP contribution in [0.2, 0.25) is 0 Å². The first kappa shape index (κ1) is 15.8. The summed E-state index contributed by atoms with van der Waals surface area (Å²) in [6.07, 6.45) is 0. The second-order valence-electron chi connectivity index (χ2n) is 4.77. The third-order valence-electron chi connectivity index (χ3n) is 2.59. The smallest absolute Gasteiger partial charge is 0.244 e. The maximum atomic E-state index is 5.71. The van der Waals surface area contributed by atoms with E-state index in [0.29, 0.717) is 37.2 Å². The van der Waals surface area contributed by atoms with E-state index in [-0.39, 0.29) is 4.99 Å². The van der Waals surface area contributed by atoms with E-state index in [1.807, 2.05) is 13.8 Å². The summed E-state index contributed by atoms with van der Waals surface area (Å²) in [4.78, 5) is 0.272. The van der Waals surface area contributed by atoms with Crippen molar-refractivity contribution in [2.24, 2.45) is 11.7 Å². The first-order chi connectivity index (χ1) is 8.93. The minimum Gasteiger partial charge on any atom is -0.474 e. The van der Waals surface area contributed by atoms with Crippen molar-refractivity contribution in [3.8, 4) is 5.88 Å². The number of ether oxygens (including phenoxy) is 2. The highest BCUT2D eigenvalue weighted by Crippen LogP contribution is 2.20. The lowest BCUT2D eigenvalue weighted by atomic mass is 10.1. The fourth-order valence-electron chi connectivity index (χ4n) is 1.49. The highest BCUT2D eigenvalue weighted by molar-refractivity contribution is 7.80. The highest BCUT2D eigenvalue weighted by Gasteiger charge is 2.14. The van der Waals surface area contributed by atoms with Crippen LogP contribution >= 0.6 is 12.2 Å². The molecule has 1 rings (SSSR count). The molecule has 1 aromatic rings. The zero-order chi connectivity index (χ0) is 14.4. The van der Waals surface area contributed by atoms with Crippen molar-refractivity contribution in [3.05, 3.63) is 16.8 Å². The van der Waals surface area contributed by atoms with E-state index in [9.17, 15) is 0 Å². The predicted molar refractivity (Wildman–Crippen MR) is 78.5 cm³/mol. The van der Waals surface area contributed by atoms with Crippen LogP contribution < -0.4 is 10.5 Å². The van der Waals surface area contributed by atoms with E-state index >= 15 is 0 Å². The Hall–Kier alpha value is -1.27. The number of nitrogens with two attached hydrogens (primary N) is 1. The largest absolute Gasteiger partial charge is 0.474 e. The predicted octanol–water partition coefficient (Wildman–Crippen LogP) is 1.78. The normalized spacial score (nSPS) is 10.8. The maximum absolute atomic E-state index is 5.71. The molecule has 0 amide bonds. The molecule has 0 saturated heterocycles. The fraction of sp³-hybridized carbons (Fsp3) is 0.615. The third-order valence-corrected chi connectivity index (χ3v) is 2.79. The molecule has 5 nitrogen and oxygen atoms in total. The Bertz CT molecular complexity index is 450. The Kier molecular flexibility index (Phi) is 6.11. The molecule has 0 saturated carbocycles. The number of hydrogen-bond acceptors (Lipinski definition) is 5. The third kappa shape index (κ3) is 4.72. The number of aromatic nitrogens is 2. The van der Waals surface area contributed by atoms with Gasteiger partial charge in [-0.3, -0.25) is 0 Å². The molecular formula is C13H21N3O2S. The summed E-state index contributed by atoms with van der Waals surface area (Å²) in [5.41, 5.74) is 8.07. The monoisotopic (exact) mass is 283 g/mol. The van der Waals surface area contributed by atoms with Gasteiger partial charge in [-0.05, 0) is 25.3 Å². The summed E-state index contributed by atoms with van der Waals surface area (Å²) in [6.45, 7) is 9.58. The Morgan fingerprint density at radius 2 is 1.95 bits per heavy atom. The Morgan fingerprint density at radius 1 is 1.26 bits per heavy atom. The summed E-state index contributed by atoms with van der Waals surface area (Å²) >= 11 is 5.03. The maximum Gasteiger partial charge on any atom is 0.244 e. The standard InChI is InChI=1S/C13H21N3O2S/c1-8(2)7-17-5-6-18-13-11(12(14)19)9(3)10(4)15-16-13/h8H,5-7H2,1-4H3,(H2,14,19). The van der Waals surface area contributed by atoms with Crippen molar-refractivity contribution in [2.45, 2.75) is 27.7 Å².